The molecule has 0 saturated heterocycles. The van der Waals surface area contributed by atoms with Crippen molar-refractivity contribution in [2.24, 2.45) is 0 Å². The topological polar surface area (TPSA) is 69.9 Å². The van der Waals surface area contributed by atoms with Gasteiger partial charge in [-0.2, -0.15) is 0 Å². The molecule has 0 aliphatic heterocycles. The van der Waals surface area contributed by atoms with Crippen LogP contribution in [-0.2, 0) is 0 Å². The summed E-state index contributed by atoms with van der Waals surface area (Å²) in [5.74, 6) is 0.862. The molecule has 0 fully saturated rings. The number of phenolic OH excluding ortho intramolecular Hbond substituents is 1. The van der Waals surface area contributed by atoms with Crippen LogP contribution in [0.3, 0.4) is 0 Å². The van der Waals surface area contributed by atoms with Crippen molar-refractivity contribution in [3.8, 4) is 11.5 Å². The average molecular weight is 390 g/mol. The molecule has 0 radical (unpaired) electrons. The number of hydrogen-bond acceptors (Lipinski definition) is 4. The van der Waals surface area contributed by atoms with Crippen LogP contribution in [0.15, 0.2) is 78.9 Å². The number of hydrogen-bond donors (Lipinski definition) is 3. The molecule has 1 unspecified atom stereocenters. The van der Waals surface area contributed by atoms with E-state index in [1.807, 2.05) is 54.6 Å². The van der Waals surface area contributed by atoms with Gasteiger partial charge in [0.25, 0.3) is 0 Å². The quantitative estimate of drug-likeness (QED) is 0.496. The molecule has 3 aromatic rings. The number of benzene rings is 3. The molecule has 0 aromatic heterocycles. The first-order valence-electron chi connectivity index (χ1n) is 9.72. The van der Waals surface area contributed by atoms with Crippen molar-refractivity contribution in [2.75, 3.05) is 13.2 Å². The number of rotatable bonds is 8. The van der Waals surface area contributed by atoms with E-state index in [0.29, 0.717) is 5.75 Å². The fraction of sp³-hybridized carbons (Fsp3) is 0.200. The molecule has 0 spiro atoms. The van der Waals surface area contributed by atoms with Crippen molar-refractivity contribution in [1.82, 2.24) is 0 Å². The molecule has 150 valence electrons. The van der Waals surface area contributed by atoms with E-state index in [1.165, 1.54) is 5.57 Å². The molecule has 3 aromatic carbocycles. The van der Waals surface area contributed by atoms with Crippen LogP contribution in [-0.4, -0.2) is 34.6 Å². The fourth-order valence-electron chi connectivity index (χ4n) is 3.27. The van der Waals surface area contributed by atoms with Gasteiger partial charge < -0.3 is 20.1 Å². The Labute approximate surface area is 171 Å². The van der Waals surface area contributed by atoms with Gasteiger partial charge in [-0.15, -0.1) is 0 Å². The summed E-state index contributed by atoms with van der Waals surface area (Å²) in [6.45, 7) is 1.85. The van der Waals surface area contributed by atoms with Gasteiger partial charge in [0.15, 0.2) is 0 Å². The molecular formula is C25H26O4. The largest absolute Gasteiger partial charge is 0.508 e. The van der Waals surface area contributed by atoms with Gasteiger partial charge in [0.2, 0.25) is 0 Å². The summed E-state index contributed by atoms with van der Waals surface area (Å²) >= 11 is 0. The molecule has 0 saturated carbocycles. The molecular weight excluding hydrogens is 364 g/mol. The first kappa shape index (κ1) is 20.6. The number of aliphatic hydroxyl groups is 2. The molecule has 0 aliphatic carbocycles. The highest BCUT2D eigenvalue weighted by Gasteiger charge is 2.13. The predicted octanol–water partition coefficient (Wildman–Crippen LogP) is 4.49. The maximum Gasteiger partial charge on any atom is 0.119 e. The highest BCUT2D eigenvalue weighted by atomic mass is 16.5. The zero-order chi connectivity index (χ0) is 20.6. The Balaban J connectivity index is 2.04. The lowest BCUT2D eigenvalue weighted by Crippen LogP contribution is -2.21. The molecule has 29 heavy (non-hydrogen) atoms. The van der Waals surface area contributed by atoms with E-state index in [-0.39, 0.29) is 19.0 Å². The van der Waals surface area contributed by atoms with E-state index in [4.69, 9.17) is 9.84 Å². The van der Waals surface area contributed by atoms with Gasteiger partial charge in [-0.3, -0.25) is 0 Å². The van der Waals surface area contributed by atoms with Crippen LogP contribution < -0.4 is 4.74 Å². The van der Waals surface area contributed by atoms with E-state index in [0.717, 1.165) is 28.7 Å². The Kier molecular flexibility index (Phi) is 7.06. The van der Waals surface area contributed by atoms with Gasteiger partial charge in [-0.25, -0.2) is 0 Å². The Bertz CT molecular complexity index is 929. The second-order valence-electron chi connectivity index (χ2n) is 6.79. The van der Waals surface area contributed by atoms with Crippen LogP contribution in [0, 0.1) is 0 Å². The van der Waals surface area contributed by atoms with Gasteiger partial charge in [0.05, 0.1) is 6.61 Å². The van der Waals surface area contributed by atoms with Gasteiger partial charge in [0, 0.05) is 0 Å². The minimum atomic E-state index is -0.896. The normalized spacial score (nSPS) is 12.9. The van der Waals surface area contributed by atoms with Crippen LogP contribution >= 0.6 is 0 Å². The van der Waals surface area contributed by atoms with E-state index in [2.05, 4.69) is 19.1 Å². The zero-order valence-electron chi connectivity index (χ0n) is 16.5. The summed E-state index contributed by atoms with van der Waals surface area (Å²) in [6.07, 6.45) is -0.0480. The second kappa shape index (κ2) is 9.92. The lowest BCUT2D eigenvalue weighted by molar-refractivity contribution is 0.0536. The summed E-state index contributed by atoms with van der Waals surface area (Å²) < 4.78 is 5.53. The third-order valence-electron chi connectivity index (χ3n) is 4.73. The van der Waals surface area contributed by atoms with Gasteiger partial charge in [-0.05, 0) is 58.5 Å². The smallest absolute Gasteiger partial charge is 0.119 e. The van der Waals surface area contributed by atoms with Crippen LogP contribution in [0.5, 0.6) is 11.5 Å². The molecule has 3 N–H and O–H groups in total. The average Bonchev–Trinajstić information content (AvgIpc) is 2.77. The van der Waals surface area contributed by atoms with Crippen molar-refractivity contribution in [2.45, 2.75) is 19.4 Å². The van der Waals surface area contributed by atoms with Crippen LogP contribution in [0.2, 0.25) is 0 Å². The van der Waals surface area contributed by atoms with E-state index in [1.54, 1.807) is 12.1 Å². The maximum absolute atomic E-state index is 9.71. The van der Waals surface area contributed by atoms with Crippen molar-refractivity contribution >= 4 is 11.1 Å². The minimum absolute atomic E-state index is 0.0424. The predicted molar refractivity (Wildman–Crippen MR) is 116 cm³/mol. The maximum atomic E-state index is 9.71. The van der Waals surface area contributed by atoms with E-state index >= 15 is 0 Å². The first-order chi connectivity index (χ1) is 14.1. The summed E-state index contributed by atoms with van der Waals surface area (Å²) in [7, 11) is 0. The Morgan fingerprint density at radius 2 is 1.41 bits per heavy atom. The van der Waals surface area contributed by atoms with E-state index < -0.39 is 6.10 Å². The number of aliphatic hydroxyl groups excluding tert-OH is 2. The highest BCUT2D eigenvalue weighted by molar-refractivity contribution is 5.98. The van der Waals surface area contributed by atoms with Crippen LogP contribution in [0.25, 0.3) is 11.1 Å². The van der Waals surface area contributed by atoms with Gasteiger partial charge in [-0.1, -0.05) is 61.5 Å². The van der Waals surface area contributed by atoms with Gasteiger partial charge in [0.1, 0.15) is 24.2 Å². The van der Waals surface area contributed by atoms with Crippen molar-refractivity contribution in [1.29, 1.82) is 0 Å². The second-order valence-corrected chi connectivity index (χ2v) is 6.79. The number of phenols is 1. The molecule has 0 amide bonds. The lowest BCUT2D eigenvalue weighted by atomic mass is 9.88. The van der Waals surface area contributed by atoms with Crippen LogP contribution in [0.1, 0.15) is 30.0 Å². The molecule has 0 bridgehead atoms. The minimum Gasteiger partial charge on any atom is -0.508 e. The Morgan fingerprint density at radius 1 is 0.828 bits per heavy atom. The fourth-order valence-corrected chi connectivity index (χ4v) is 3.27. The molecule has 4 nitrogen and oxygen atoms in total. The van der Waals surface area contributed by atoms with Crippen molar-refractivity contribution in [3.63, 3.8) is 0 Å². The molecule has 0 aliphatic rings. The summed E-state index contributed by atoms with van der Waals surface area (Å²) in [4.78, 5) is 0. The van der Waals surface area contributed by atoms with Crippen molar-refractivity contribution < 1.29 is 20.1 Å². The highest BCUT2D eigenvalue weighted by Crippen LogP contribution is 2.35. The lowest BCUT2D eigenvalue weighted by Gasteiger charge is -2.17. The van der Waals surface area contributed by atoms with E-state index in [9.17, 15) is 10.2 Å². The molecule has 4 heteroatoms. The summed E-state index contributed by atoms with van der Waals surface area (Å²) in [5.41, 5.74) is 5.52. The number of aromatic hydroxyl groups is 1. The SMILES string of the molecule is CC/C(=C(\c1ccc(O)cc1)c1ccc(OCC(O)CO)cc1)c1ccccc1. The first-order valence-corrected chi connectivity index (χ1v) is 9.72. The molecule has 0 heterocycles. The molecule has 3 rings (SSSR count). The van der Waals surface area contributed by atoms with Crippen molar-refractivity contribution in [3.05, 3.63) is 95.6 Å². The summed E-state index contributed by atoms with van der Waals surface area (Å²) in [6, 6.07) is 25.2. The Morgan fingerprint density at radius 3 is 1.97 bits per heavy atom. The summed E-state index contributed by atoms with van der Waals surface area (Å²) in [5, 5.41) is 28.1. The monoisotopic (exact) mass is 390 g/mol. The zero-order valence-corrected chi connectivity index (χ0v) is 16.5. The third-order valence-corrected chi connectivity index (χ3v) is 4.73. The number of ether oxygens (including phenoxy) is 1. The van der Waals surface area contributed by atoms with Crippen LogP contribution in [0.4, 0.5) is 0 Å². The third kappa shape index (κ3) is 5.25. The van der Waals surface area contributed by atoms with Gasteiger partial charge >= 0.3 is 0 Å². The Hall–Kier alpha value is -3.08. The standard InChI is InChI=1S/C25H26O4/c1-2-24(18-6-4-3-5-7-18)25(19-8-12-21(27)13-9-19)20-10-14-23(15-11-20)29-17-22(28)16-26/h3-15,22,26-28H,2,16-17H2,1H3/b25-24-. The number of allylic oxidation sites excluding steroid dienone is 1. The molecule has 1 atom stereocenters.